The first-order valence-electron chi connectivity index (χ1n) is 4.73. The van der Waals surface area contributed by atoms with Crippen molar-refractivity contribution in [1.29, 1.82) is 0 Å². The predicted molar refractivity (Wildman–Crippen MR) is 47.7 cm³/mol. The molecule has 0 amide bonds. The van der Waals surface area contributed by atoms with Crippen LogP contribution < -0.4 is 0 Å². The highest BCUT2D eigenvalue weighted by atomic mass is 16.5. The molecule has 3 atom stereocenters. The quantitative estimate of drug-likeness (QED) is 0.564. The van der Waals surface area contributed by atoms with Gasteiger partial charge in [-0.3, -0.25) is 4.79 Å². The van der Waals surface area contributed by atoms with Gasteiger partial charge < -0.3 is 4.74 Å². The molecule has 1 fully saturated rings. The molecule has 0 bridgehead atoms. The highest BCUT2D eigenvalue weighted by molar-refractivity contribution is 5.73. The molecule has 2 heteroatoms. The number of carbonyl (C=O) groups excluding carboxylic acids is 1. The van der Waals surface area contributed by atoms with E-state index in [1.807, 2.05) is 6.92 Å². The van der Waals surface area contributed by atoms with Crippen molar-refractivity contribution >= 4 is 5.97 Å². The fourth-order valence-electron chi connectivity index (χ4n) is 1.52. The summed E-state index contributed by atoms with van der Waals surface area (Å²) in [7, 11) is 0. The van der Waals surface area contributed by atoms with Gasteiger partial charge in [0.1, 0.15) is 6.10 Å². The Balaban J connectivity index is 2.59. The van der Waals surface area contributed by atoms with Crippen molar-refractivity contribution in [2.75, 3.05) is 0 Å². The van der Waals surface area contributed by atoms with Gasteiger partial charge in [0, 0.05) is 0 Å². The van der Waals surface area contributed by atoms with Gasteiger partial charge in [-0.25, -0.2) is 0 Å². The molecular weight excluding hydrogens is 152 g/mol. The molecule has 0 aromatic rings. The third-order valence-electron chi connectivity index (χ3n) is 2.84. The third kappa shape index (κ3) is 1.79. The highest BCUT2D eigenvalue weighted by Crippen LogP contribution is 2.29. The number of cyclic esters (lactones) is 1. The second-order valence-electron chi connectivity index (χ2n) is 4.22. The minimum Gasteiger partial charge on any atom is -0.462 e. The van der Waals surface area contributed by atoms with Crippen LogP contribution in [0.4, 0.5) is 0 Å². The van der Waals surface area contributed by atoms with E-state index in [-0.39, 0.29) is 18.0 Å². The van der Waals surface area contributed by atoms with Crippen LogP contribution in [-0.2, 0) is 9.53 Å². The summed E-state index contributed by atoms with van der Waals surface area (Å²) in [6.07, 6.45) is 1.16. The van der Waals surface area contributed by atoms with Crippen LogP contribution in [-0.4, -0.2) is 12.1 Å². The number of hydrogen-bond donors (Lipinski definition) is 0. The summed E-state index contributed by atoms with van der Waals surface area (Å²) in [6, 6.07) is 0. The molecule has 12 heavy (non-hydrogen) atoms. The zero-order valence-electron chi connectivity index (χ0n) is 8.33. The van der Waals surface area contributed by atoms with Gasteiger partial charge in [-0.2, -0.15) is 0 Å². The largest absolute Gasteiger partial charge is 0.462 e. The zero-order valence-corrected chi connectivity index (χ0v) is 8.33. The van der Waals surface area contributed by atoms with Crippen molar-refractivity contribution in [2.45, 2.75) is 40.2 Å². The van der Waals surface area contributed by atoms with Crippen LogP contribution in [0.3, 0.4) is 0 Å². The normalized spacial score (nSPS) is 36.8. The fraction of sp³-hybridized carbons (Fsp3) is 0.900. The molecule has 1 heterocycles. The number of rotatable bonds is 1. The lowest BCUT2D eigenvalue weighted by molar-refractivity contribution is -0.166. The maximum absolute atomic E-state index is 11.3. The van der Waals surface area contributed by atoms with Crippen LogP contribution in [0.5, 0.6) is 0 Å². The van der Waals surface area contributed by atoms with Gasteiger partial charge in [-0.05, 0) is 18.3 Å². The van der Waals surface area contributed by atoms with Crippen LogP contribution in [0.25, 0.3) is 0 Å². The van der Waals surface area contributed by atoms with Crippen molar-refractivity contribution in [3.05, 3.63) is 0 Å². The summed E-state index contributed by atoms with van der Waals surface area (Å²) in [4.78, 5) is 11.3. The van der Waals surface area contributed by atoms with E-state index in [2.05, 4.69) is 20.8 Å². The standard InChI is InChI=1S/C10H18O2/c1-6(2)9-5-7(3)8(4)10(11)12-9/h6-9H,5H2,1-4H3/t7-,8+,9+/m1/s1. The molecule has 1 saturated heterocycles. The molecule has 0 saturated carbocycles. The molecule has 70 valence electrons. The Bertz CT molecular complexity index is 175. The SMILES string of the molecule is CC(C)[C@@H]1C[C@@H](C)[C@H](C)C(=O)O1. The number of carbonyl (C=O) groups is 1. The molecule has 0 aromatic heterocycles. The maximum atomic E-state index is 11.3. The Hall–Kier alpha value is -0.530. The van der Waals surface area contributed by atoms with Crippen LogP contribution in [0.2, 0.25) is 0 Å². The summed E-state index contributed by atoms with van der Waals surface area (Å²) >= 11 is 0. The van der Waals surface area contributed by atoms with Crippen LogP contribution in [0.15, 0.2) is 0 Å². The lowest BCUT2D eigenvalue weighted by Crippen LogP contribution is -2.37. The summed E-state index contributed by atoms with van der Waals surface area (Å²) in [5.74, 6) is 0.981. The summed E-state index contributed by atoms with van der Waals surface area (Å²) < 4.78 is 5.29. The first kappa shape index (κ1) is 9.56. The van der Waals surface area contributed by atoms with E-state index in [1.54, 1.807) is 0 Å². The molecule has 2 nitrogen and oxygen atoms in total. The Morgan fingerprint density at radius 3 is 2.42 bits per heavy atom. The lowest BCUT2D eigenvalue weighted by atomic mass is 9.85. The van der Waals surface area contributed by atoms with Gasteiger partial charge in [0.15, 0.2) is 0 Å². The minimum absolute atomic E-state index is 0.0209. The molecule has 0 spiro atoms. The van der Waals surface area contributed by atoms with Crippen molar-refractivity contribution in [2.24, 2.45) is 17.8 Å². The molecule has 0 N–H and O–H groups in total. The molecule has 1 aliphatic heterocycles. The second-order valence-corrected chi connectivity index (χ2v) is 4.22. The topological polar surface area (TPSA) is 26.3 Å². The highest BCUT2D eigenvalue weighted by Gasteiger charge is 2.33. The van der Waals surface area contributed by atoms with E-state index in [0.29, 0.717) is 11.8 Å². The summed E-state index contributed by atoms with van der Waals surface area (Å²) in [6.45, 7) is 8.27. The summed E-state index contributed by atoms with van der Waals surface area (Å²) in [5.41, 5.74) is 0. The van der Waals surface area contributed by atoms with Crippen LogP contribution in [0, 0.1) is 17.8 Å². The van der Waals surface area contributed by atoms with Crippen molar-refractivity contribution in [3.63, 3.8) is 0 Å². The molecule has 0 aromatic carbocycles. The van der Waals surface area contributed by atoms with Gasteiger partial charge >= 0.3 is 5.97 Å². The first-order valence-corrected chi connectivity index (χ1v) is 4.73. The van der Waals surface area contributed by atoms with Crippen LogP contribution >= 0.6 is 0 Å². The summed E-state index contributed by atoms with van der Waals surface area (Å²) in [5, 5.41) is 0. The smallest absolute Gasteiger partial charge is 0.309 e. The van der Waals surface area contributed by atoms with Gasteiger partial charge in [0.25, 0.3) is 0 Å². The van der Waals surface area contributed by atoms with E-state index < -0.39 is 0 Å². The Kier molecular flexibility index (Phi) is 2.76. The number of ether oxygens (including phenoxy) is 1. The Morgan fingerprint density at radius 1 is 1.42 bits per heavy atom. The van der Waals surface area contributed by atoms with E-state index in [0.717, 1.165) is 6.42 Å². The maximum Gasteiger partial charge on any atom is 0.309 e. The first-order chi connectivity index (χ1) is 5.52. The van der Waals surface area contributed by atoms with Gasteiger partial charge in [-0.1, -0.05) is 27.7 Å². The van der Waals surface area contributed by atoms with Gasteiger partial charge in [-0.15, -0.1) is 0 Å². The Morgan fingerprint density at radius 2 is 2.00 bits per heavy atom. The fourth-order valence-corrected chi connectivity index (χ4v) is 1.52. The Labute approximate surface area is 74.3 Å². The second kappa shape index (κ2) is 3.46. The molecular formula is C10H18O2. The molecule has 1 aliphatic rings. The van der Waals surface area contributed by atoms with Crippen molar-refractivity contribution in [1.82, 2.24) is 0 Å². The molecule has 0 unspecified atom stereocenters. The van der Waals surface area contributed by atoms with Crippen molar-refractivity contribution < 1.29 is 9.53 Å². The van der Waals surface area contributed by atoms with E-state index >= 15 is 0 Å². The third-order valence-corrected chi connectivity index (χ3v) is 2.84. The van der Waals surface area contributed by atoms with E-state index in [1.165, 1.54) is 0 Å². The average Bonchev–Trinajstić information content (AvgIpc) is 1.99. The van der Waals surface area contributed by atoms with E-state index in [9.17, 15) is 4.79 Å². The average molecular weight is 170 g/mol. The van der Waals surface area contributed by atoms with Gasteiger partial charge in [0.05, 0.1) is 5.92 Å². The zero-order chi connectivity index (χ0) is 9.30. The number of esters is 1. The predicted octanol–water partition coefficient (Wildman–Crippen LogP) is 2.23. The van der Waals surface area contributed by atoms with E-state index in [4.69, 9.17) is 4.74 Å². The number of hydrogen-bond acceptors (Lipinski definition) is 2. The van der Waals surface area contributed by atoms with Crippen molar-refractivity contribution in [3.8, 4) is 0 Å². The van der Waals surface area contributed by atoms with Crippen LogP contribution in [0.1, 0.15) is 34.1 Å². The molecule has 0 aliphatic carbocycles. The molecule has 1 rings (SSSR count). The van der Waals surface area contributed by atoms with Gasteiger partial charge in [0.2, 0.25) is 0 Å². The monoisotopic (exact) mass is 170 g/mol. The minimum atomic E-state index is -0.0209. The molecule has 0 radical (unpaired) electrons. The lowest BCUT2D eigenvalue weighted by Gasteiger charge is -2.33.